The fraction of sp³-hybridized carbons (Fsp3) is 0.769. The lowest BCUT2D eigenvalue weighted by atomic mass is 10.1. The van der Waals surface area contributed by atoms with Crippen LogP contribution in [-0.4, -0.2) is 29.0 Å². The zero-order chi connectivity index (χ0) is 12.7. The number of nitrogens with zero attached hydrogens (tertiary/aromatic N) is 2. The van der Waals surface area contributed by atoms with Crippen molar-refractivity contribution in [3.8, 4) is 0 Å². The largest absolute Gasteiger partial charge is 0.376 e. The maximum absolute atomic E-state index is 5.80. The lowest BCUT2D eigenvalue weighted by Crippen LogP contribution is -2.34. The van der Waals surface area contributed by atoms with Crippen LogP contribution in [0.25, 0.3) is 0 Å². The van der Waals surface area contributed by atoms with Crippen molar-refractivity contribution in [3.05, 3.63) is 18.0 Å². The van der Waals surface area contributed by atoms with Crippen LogP contribution in [0.4, 0.5) is 0 Å². The molecule has 0 aliphatic carbocycles. The molecule has 98 valence electrons. The molecule has 0 aliphatic heterocycles. The monoisotopic (exact) mass is 239 g/mol. The number of rotatable bonds is 8. The summed E-state index contributed by atoms with van der Waals surface area (Å²) in [5, 5.41) is 8.02. The van der Waals surface area contributed by atoms with Gasteiger partial charge in [-0.3, -0.25) is 4.68 Å². The lowest BCUT2D eigenvalue weighted by molar-refractivity contribution is 0.0302. The first kappa shape index (κ1) is 14.2. The maximum Gasteiger partial charge on any atom is 0.0820 e. The molecule has 1 aromatic heterocycles. The van der Waals surface area contributed by atoms with Crippen molar-refractivity contribution in [2.75, 3.05) is 13.2 Å². The van der Waals surface area contributed by atoms with Gasteiger partial charge in [-0.2, -0.15) is 5.10 Å². The van der Waals surface area contributed by atoms with Crippen LogP contribution in [0.1, 0.15) is 45.3 Å². The SMILES string of the molecule is CCCNC(c1ccn(C)n1)C(CC)OCC. The van der Waals surface area contributed by atoms with Crippen molar-refractivity contribution in [2.45, 2.75) is 45.8 Å². The summed E-state index contributed by atoms with van der Waals surface area (Å²) >= 11 is 0. The Morgan fingerprint density at radius 1 is 1.41 bits per heavy atom. The highest BCUT2D eigenvalue weighted by molar-refractivity contribution is 5.07. The van der Waals surface area contributed by atoms with Crippen LogP contribution in [0.5, 0.6) is 0 Å². The number of aryl methyl sites for hydroxylation is 1. The standard InChI is InChI=1S/C13H25N3O/c1-5-9-14-13(12(6-2)17-7-3)11-8-10-16(4)15-11/h8,10,12-14H,5-7,9H2,1-4H3. The predicted octanol–water partition coefficient (Wildman–Crippen LogP) is 2.28. The van der Waals surface area contributed by atoms with Gasteiger partial charge in [0.05, 0.1) is 17.8 Å². The second kappa shape index (κ2) is 7.45. The molecule has 1 rings (SSSR count). The van der Waals surface area contributed by atoms with Crippen LogP contribution in [0, 0.1) is 0 Å². The van der Waals surface area contributed by atoms with E-state index in [1.54, 1.807) is 0 Å². The third kappa shape index (κ3) is 4.13. The molecule has 0 aromatic carbocycles. The van der Waals surface area contributed by atoms with Gasteiger partial charge in [0.25, 0.3) is 0 Å². The van der Waals surface area contributed by atoms with Crippen LogP contribution in [0.2, 0.25) is 0 Å². The smallest absolute Gasteiger partial charge is 0.0820 e. The minimum atomic E-state index is 0.195. The van der Waals surface area contributed by atoms with Gasteiger partial charge < -0.3 is 10.1 Å². The highest BCUT2D eigenvalue weighted by Crippen LogP contribution is 2.20. The molecule has 4 nitrogen and oxygen atoms in total. The van der Waals surface area contributed by atoms with Gasteiger partial charge in [0.2, 0.25) is 0 Å². The van der Waals surface area contributed by atoms with Crippen LogP contribution < -0.4 is 5.32 Å². The van der Waals surface area contributed by atoms with Crippen molar-refractivity contribution in [3.63, 3.8) is 0 Å². The van der Waals surface area contributed by atoms with Crippen molar-refractivity contribution in [1.29, 1.82) is 0 Å². The van der Waals surface area contributed by atoms with Crippen molar-refractivity contribution in [1.82, 2.24) is 15.1 Å². The Bertz CT molecular complexity index is 311. The first-order valence-corrected chi connectivity index (χ1v) is 6.57. The molecule has 0 amide bonds. The van der Waals surface area contributed by atoms with Gasteiger partial charge in [0, 0.05) is 19.9 Å². The van der Waals surface area contributed by atoms with Gasteiger partial charge in [-0.25, -0.2) is 0 Å². The van der Waals surface area contributed by atoms with Crippen LogP contribution in [-0.2, 0) is 11.8 Å². The van der Waals surface area contributed by atoms with E-state index in [1.807, 2.05) is 24.9 Å². The Hall–Kier alpha value is -0.870. The Balaban J connectivity index is 2.77. The highest BCUT2D eigenvalue weighted by atomic mass is 16.5. The normalized spacial score (nSPS) is 14.8. The van der Waals surface area contributed by atoms with E-state index in [9.17, 15) is 0 Å². The van der Waals surface area contributed by atoms with Gasteiger partial charge in [0.15, 0.2) is 0 Å². The van der Waals surface area contributed by atoms with E-state index < -0.39 is 0 Å². The van der Waals surface area contributed by atoms with E-state index in [1.165, 1.54) is 0 Å². The van der Waals surface area contributed by atoms with E-state index in [4.69, 9.17) is 4.74 Å². The van der Waals surface area contributed by atoms with Crippen molar-refractivity contribution >= 4 is 0 Å². The Labute approximate surface area is 104 Å². The summed E-state index contributed by atoms with van der Waals surface area (Å²) in [5.41, 5.74) is 1.07. The topological polar surface area (TPSA) is 39.1 Å². The number of ether oxygens (including phenoxy) is 1. The molecule has 0 aliphatic rings. The highest BCUT2D eigenvalue weighted by Gasteiger charge is 2.23. The zero-order valence-corrected chi connectivity index (χ0v) is 11.4. The van der Waals surface area contributed by atoms with E-state index in [0.717, 1.165) is 31.7 Å². The van der Waals surface area contributed by atoms with Gasteiger partial charge in [0.1, 0.15) is 0 Å². The molecule has 1 heterocycles. The summed E-state index contributed by atoms with van der Waals surface area (Å²) in [6.45, 7) is 8.10. The quantitative estimate of drug-likeness (QED) is 0.756. The maximum atomic E-state index is 5.80. The molecule has 1 N–H and O–H groups in total. The van der Waals surface area contributed by atoms with Gasteiger partial charge >= 0.3 is 0 Å². The predicted molar refractivity (Wildman–Crippen MR) is 69.9 cm³/mol. The van der Waals surface area contributed by atoms with Crippen molar-refractivity contribution < 1.29 is 4.74 Å². The number of aromatic nitrogens is 2. The fourth-order valence-corrected chi connectivity index (χ4v) is 1.99. The number of nitrogens with one attached hydrogen (secondary N) is 1. The third-order valence-electron chi connectivity index (χ3n) is 2.82. The lowest BCUT2D eigenvalue weighted by Gasteiger charge is -2.25. The summed E-state index contributed by atoms with van der Waals surface area (Å²) in [5.74, 6) is 0. The van der Waals surface area contributed by atoms with E-state index in [2.05, 4.69) is 30.3 Å². The Kier molecular flexibility index (Phi) is 6.22. The molecule has 2 unspecified atom stereocenters. The molecule has 0 bridgehead atoms. The van der Waals surface area contributed by atoms with Crippen LogP contribution >= 0.6 is 0 Å². The Morgan fingerprint density at radius 2 is 2.18 bits per heavy atom. The Morgan fingerprint density at radius 3 is 2.65 bits per heavy atom. The number of hydrogen-bond acceptors (Lipinski definition) is 3. The summed E-state index contributed by atoms with van der Waals surface area (Å²) in [6.07, 6.45) is 4.29. The van der Waals surface area contributed by atoms with Crippen molar-refractivity contribution in [2.24, 2.45) is 7.05 Å². The first-order chi connectivity index (χ1) is 8.22. The summed E-state index contributed by atoms with van der Waals surface area (Å²) < 4.78 is 7.64. The minimum absolute atomic E-state index is 0.195. The average molecular weight is 239 g/mol. The van der Waals surface area contributed by atoms with E-state index >= 15 is 0 Å². The molecular weight excluding hydrogens is 214 g/mol. The molecule has 1 aromatic rings. The number of hydrogen-bond donors (Lipinski definition) is 1. The zero-order valence-electron chi connectivity index (χ0n) is 11.4. The molecule has 0 saturated carbocycles. The molecular formula is C13H25N3O. The van der Waals surface area contributed by atoms with E-state index in [-0.39, 0.29) is 12.1 Å². The summed E-state index contributed by atoms with van der Waals surface area (Å²) in [4.78, 5) is 0. The first-order valence-electron chi connectivity index (χ1n) is 6.57. The second-order valence-electron chi connectivity index (χ2n) is 4.25. The van der Waals surface area contributed by atoms with Gasteiger partial charge in [-0.05, 0) is 32.4 Å². The van der Waals surface area contributed by atoms with Gasteiger partial charge in [-0.15, -0.1) is 0 Å². The van der Waals surface area contributed by atoms with Gasteiger partial charge in [-0.1, -0.05) is 13.8 Å². The molecule has 0 spiro atoms. The van der Waals surface area contributed by atoms with Crippen LogP contribution in [0.15, 0.2) is 12.3 Å². The van der Waals surface area contributed by atoms with Crippen LogP contribution in [0.3, 0.4) is 0 Å². The van der Waals surface area contributed by atoms with E-state index in [0.29, 0.717) is 0 Å². The fourth-order valence-electron chi connectivity index (χ4n) is 1.99. The second-order valence-corrected chi connectivity index (χ2v) is 4.25. The average Bonchev–Trinajstić information content (AvgIpc) is 2.75. The molecule has 0 fully saturated rings. The third-order valence-corrected chi connectivity index (χ3v) is 2.82. The molecule has 0 saturated heterocycles. The molecule has 0 radical (unpaired) electrons. The minimum Gasteiger partial charge on any atom is -0.376 e. The molecule has 4 heteroatoms. The molecule has 17 heavy (non-hydrogen) atoms. The summed E-state index contributed by atoms with van der Waals surface area (Å²) in [6, 6.07) is 2.26. The molecule has 2 atom stereocenters. The summed E-state index contributed by atoms with van der Waals surface area (Å²) in [7, 11) is 1.95.